The molecule has 22 heavy (non-hydrogen) atoms. The largest absolute Gasteiger partial charge is 0.380 e. The van der Waals surface area contributed by atoms with Crippen LogP contribution in [0, 0.1) is 5.92 Å². The molecular formula is C16H30IN3OS. The fraction of sp³-hybridized carbons (Fsp3) is 0.688. The molecule has 0 aliphatic rings. The Morgan fingerprint density at radius 3 is 2.64 bits per heavy atom. The molecule has 1 atom stereocenters. The van der Waals surface area contributed by atoms with Gasteiger partial charge in [0, 0.05) is 26.7 Å². The minimum Gasteiger partial charge on any atom is -0.380 e. The maximum Gasteiger partial charge on any atom is 0.191 e. The summed E-state index contributed by atoms with van der Waals surface area (Å²) in [6, 6.07) is 2.18. The van der Waals surface area contributed by atoms with E-state index in [1.54, 1.807) is 18.4 Å². The van der Waals surface area contributed by atoms with Crippen molar-refractivity contribution in [1.82, 2.24) is 10.6 Å². The Labute approximate surface area is 156 Å². The van der Waals surface area contributed by atoms with Crippen LogP contribution >= 0.6 is 35.3 Å². The van der Waals surface area contributed by atoms with Gasteiger partial charge in [0.05, 0.1) is 6.61 Å². The second-order valence-electron chi connectivity index (χ2n) is 5.63. The first-order chi connectivity index (χ1) is 10.1. The molecule has 1 aromatic heterocycles. The highest BCUT2D eigenvalue weighted by Gasteiger charge is 2.06. The molecule has 1 aromatic rings. The monoisotopic (exact) mass is 439 g/mol. The summed E-state index contributed by atoms with van der Waals surface area (Å²) in [5.74, 6) is 2.02. The van der Waals surface area contributed by atoms with E-state index in [9.17, 15) is 0 Å². The number of hydrogen-bond acceptors (Lipinski definition) is 3. The van der Waals surface area contributed by atoms with E-state index >= 15 is 0 Å². The lowest BCUT2D eigenvalue weighted by Gasteiger charge is -2.15. The standard InChI is InChI=1S/C16H29N3OS.HI/c1-13(2)5-8-20-9-7-18-16(17-4)19-11-14(3)15-6-10-21-12-15;/h6,10,12-14H,5,7-9,11H2,1-4H3,(H2,17,18,19);1H. The van der Waals surface area contributed by atoms with Crippen LogP contribution in [0.25, 0.3) is 0 Å². The minimum atomic E-state index is 0. The van der Waals surface area contributed by atoms with Crippen molar-refractivity contribution in [3.05, 3.63) is 22.4 Å². The van der Waals surface area contributed by atoms with Gasteiger partial charge in [-0.05, 0) is 40.6 Å². The van der Waals surface area contributed by atoms with Gasteiger partial charge in [0.15, 0.2) is 5.96 Å². The van der Waals surface area contributed by atoms with Gasteiger partial charge in [-0.1, -0.05) is 20.8 Å². The molecule has 6 heteroatoms. The lowest BCUT2D eigenvalue weighted by molar-refractivity contribution is 0.128. The van der Waals surface area contributed by atoms with Crippen molar-refractivity contribution in [2.24, 2.45) is 10.9 Å². The molecule has 0 amide bonds. The van der Waals surface area contributed by atoms with Gasteiger partial charge in [-0.25, -0.2) is 0 Å². The van der Waals surface area contributed by atoms with Crippen LogP contribution in [0.3, 0.4) is 0 Å². The molecule has 2 N–H and O–H groups in total. The first-order valence-electron chi connectivity index (χ1n) is 7.67. The number of nitrogens with zero attached hydrogens (tertiary/aromatic N) is 1. The van der Waals surface area contributed by atoms with Crippen LogP contribution in [0.1, 0.15) is 38.7 Å². The lowest BCUT2D eigenvalue weighted by atomic mass is 10.1. The van der Waals surface area contributed by atoms with Gasteiger partial charge >= 0.3 is 0 Å². The summed E-state index contributed by atoms with van der Waals surface area (Å²) in [5, 5.41) is 10.9. The van der Waals surface area contributed by atoms with Gasteiger partial charge in [0.25, 0.3) is 0 Å². The van der Waals surface area contributed by atoms with Gasteiger partial charge in [-0.3, -0.25) is 4.99 Å². The van der Waals surface area contributed by atoms with Gasteiger partial charge < -0.3 is 15.4 Å². The smallest absolute Gasteiger partial charge is 0.191 e. The molecule has 0 saturated heterocycles. The number of aliphatic imine (C=N–C) groups is 1. The number of thiophene rings is 1. The van der Waals surface area contributed by atoms with Crippen molar-refractivity contribution < 1.29 is 4.74 Å². The summed E-state index contributed by atoms with van der Waals surface area (Å²) in [7, 11) is 1.80. The zero-order valence-corrected chi connectivity index (χ0v) is 17.2. The minimum absolute atomic E-state index is 0. The highest BCUT2D eigenvalue weighted by atomic mass is 127. The van der Waals surface area contributed by atoms with E-state index < -0.39 is 0 Å². The third-order valence-corrected chi connectivity index (χ3v) is 3.99. The van der Waals surface area contributed by atoms with Crippen LogP contribution in [0.5, 0.6) is 0 Å². The van der Waals surface area contributed by atoms with Crippen molar-refractivity contribution >= 4 is 41.3 Å². The van der Waals surface area contributed by atoms with E-state index in [1.807, 2.05) is 0 Å². The molecule has 0 bridgehead atoms. The average Bonchev–Trinajstić information content (AvgIpc) is 2.99. The molecule has 1 heterocycles. The van der Waals surface area contributed by atoms with Crippen molar-refractivity contribution in [1.29, 1.82) is 0 Å². The van der Waals surface area contributed by atoms with Crippen molar-refractivity contribution in [2.45, 2.75) is 33.1 Å². The second-order valence-corrected chi connectivity index (χ2v) is 6.41. The zero-order chi connectivity index (χ0) is 15.5. The van der Waals surface area contributed by atoms with Gasteiger partial charge in [0.2, 0.25) is 0 Å². The number of rotatable bonds is 9. The summed E-state index contributed by atoms with van der Waals surface area (Å²) < 4.78 is 5.58. The highest BCUT2D eigenvalue weighted by Crippen LogP contribution is 2.16. The van der Waals surface area contributed by atoms with Gasteiger partial charge in [0.1, 0.15) is 0 Å². The van der Waals surface area contributed by atoms with E-state index in [1.165, 1.54) is 5.56 Å². The Balaban J connectivity index is 0.00000441. The topological polar surface area (TPSA) is 45.7 Å². The third kappa shape index (κ3) is 9.63. The molecule has 0 aromatic carbocycles. The normalized spacial score (nSPS) is 12.9. The van der Waals surface area contributed by atoms with Crippen LogP contribution in [0.4, 0.5) is 0 Å². The Bertz CT molecular complexity index is 396. The fourth-order valence-corrected chi connectivity index (χ4v) is 2.59. The van der Waals surface area contributed by atoms with Crippen LogP contribution < -0.4 is 10.6 Å². The van der Waals surface area contributed by atoms with Crippen LogP contribution in [0.2, 0.25) is 0 Å². The maximum absolute atomic E-state index is 5.58. The molecule has 0 saturated carbocycles. The molecule has 0 fully saturated rings. The highest BCUT2D eigenvalue weighted by molar-refractivity contribution is 14.0. The molecule has 1 rings (SSSR count). The first-order valence-corrected chi connectivity index (χ1v) is 8.62. The molecule has 128 valence electrons. The van der Waals surface area contributed by atoms with E-state index in [0.29, 0.717) is 18.4 Å². The Hall–Kier alpha value is -0.340. The fourth-order valence-electron chi connectivity index (χ4n) is 1.81. The van der Waals surface area contributed by atoms with Crippen molar-refractivity contribution in [3.8, 4) is 0 Å². The van der Waals surface area contributed by atoms with E-state index in [4.69, 9.17) is 4.74 Å². The van der Waals surface area contributed by atoms with Crippen molar-refractivity contribution in [3.63, 3.8) is 0 Å². The molecule has 0 spiro atoms. The van der Waals surface area contributed by atoms with Crippen LogP contribution in [-0.2, 0) is 4.74 Å². The number of nitrogens with one attached hydrogen (secondary N) is 2. The molecular weight excluding hydrogens is 409 g/mol. The Morgan fingerprint density at radius 1 is 1.27 bits per heavy atom. The Kier molecular flexibility index (Phi) is 12.9. The average molecular weight is 439 g/mol. The molecule has 0 aliphatic carbocycles. The number of ether oxygens (including phenoxy) is 1. The van der Waals surface area contributed by atoms with Gasteiger partial charge in [-0.15, -0.1) is 24.0 Å². The molecule has 4 nitrogen and oxygen atoms in total. The van der Waals surface area contributed by atoms with Crippen LogP contribution in [-0.4, -0.2) is 39.3 Å². The van der Waals surface area contributed by atoms with E-state index in [0.717, 1.165) is 32.1 Å². The summed E-state index contributed by atoms with van der Waals surface area (Å²) in [5.41, 5.74) is 1.37. The number of guanidine groups is 1. The van der Waals surface area contributed by atoms with Gasteiger partial charge in [-0.2, -0.15) is 11.3 Å². The number of hydrogen-bond donors (Lipinski definition) is 2. The summed E-state index contributed by atoms with van der Waals surface area (Å²) in [6.07, 6.45) is 1.12. The molecule has 0 radical (unpaired) electrons. The first kappa shape index (κ1) is 21.7. The zero-order valence-electron chi connectivity index (χ0n) is 14.1. The summed E-state index contributed by atoms with van der Waals surface area (Å²) in [6.45, 7) is 9.85. The van der Waals surface area contributed by atoms with Crippen molar-refractivity contribution in [2.75, 3.05) is 33.4 Å². The molecule has 1 unspecified atom stereocenters. The second kappa shape index (κ2) is 13.1. The lowest BCUT2D eigenvalue weighted by Crippen LogP contribution is -2.40. The quantitative estimate of drug-likeness (QED) is 0.267. The van der Waals surface area contributed by atoms with E-state index in [-0.39, 0.29) is 24.0 Å². The SMILES string of the molecule is CN=C(NCCOCCC(C)C)NCC(C)c1ccsc1.I. The predicted molar refractivity (Wildman–Crippen MR) is 108 cm³/mol. The van der Waals surface area contributed by atoms with E-state index in [2.05, 4.69) is 53.2 Å². The molecule has 0 aliphatic heterocycles. The third-order valence-electron chi connectivity index (χ3n) is 3.29. The number of halogens is 1. The summed E-state index contributed by atoms with van der Waals surface area (Å²) in [4.78, 5) is 4.23. The maximum atomic E-state index is 5.58. The van der Waals surface area contributed by atoms with Crippen LogP contribution in [0.15, 0.2) is 21.8 Å². The Morgan fingerprint density at radius 2 is 2.05 bits per heavy atom. The predicted octanol–water partition coefficient (Wildman–Crippen LogP) is 3.70. The summed E-state index contributed by atoms with van der Waals surface area (Å²) >= 11 is 1.74.